The molecule has 2 heterocycles. The number of fused-ring (bicyclic) bond motifs is 1. The molecule has 76 valence electrons. The van der Waals surface area contributed by atoms with Gasteiger partial charge in [-0.2, -0.15) is 14.6 Å². The Morgan fingerprint density at radius 2 is 2.40 bits per heavy atom. The molecule has 15 heavy (non-hydrogen) atoms. The van der Waals surface area contributed by atoms with Gasteiger partial charge in [-0.3, -0.25) is 0 Å². The summed E-state index contributed by atoms with van der Waals surface area (Å²) in [6.45, 7) is 2.44. The maximum atomic E-state index is 5.27. The number of aromatic nitrogens is 4. The minimum atomic E-state index is 0.526. The normalized spacial score (nSPS) is 10.2. The van der Waals surface area contributed by atoms with Crippen LogP contribution in [0.25, 0.3) is 5.78 Å². The first-order valence-electron chi connectivity index (χ1n) is 4.54. The highest BCUT2D eigenvalue weighted by Gasteiger charge is 2.08. The number of nitrogens with zero attached hydrogens (tertiary/aromatic N) is 5. The molecule has 0 saturated carbocycles. The van der Waals surface area contributed by atoms with E-state index < -0.39 is 0 Å². The topological polar surface area (TPSA) is 46.3 Å². The highest BCUT2D eigenvalue weighted by Crippen LogP contribution is 2.13. The molecule has 0 amide bonds. The van der Waals surface area contributed by atoms with Gasteiger partial charge in [0.2, 0.25) is 0 Å². The fourth-order valence-electron chi connectivity index (χ4n) is 1.40. The summed E-state index contributed by atoms with van der Waals surface area (Å²) in [5.74, 6) is 4.07. The lowest BCUT2D eigenvalue weighted by Gasteiger charge is -2.16. The van der Waals surface area contributed by atoms with Crippen molar-refractivity contribution in [3.8, 4) is 12.3 Å². The molecule has 5 nitrogen and oxygen atoms in total. The molecular weight excluding hydrogens is 190 g/mol. The number of anilines is 1. The molecule has 2 aromatic rings. The third-order valence-corrected chi connectivity index (χ3v) is 2.08. The zero-order valence-electron chi connectivity index (χ0n) is 8.68. The van der Waals surface area contributed by atoms with Crippen molar-refractivity contribution in [2.75, 3.05) is 18.5 Å². The first-order valence-corrected chi connectivity index (χ1v) is 4.54. The van der Waals surface area contributed by atoms with Gasteiger partial charge in [0.05, 0.1) is 6.54 Å². The second-order valence-electron chi connectivity index (χ2n) is 3.29. The number of hydrogen-bond acceptors (Lipinski definition) is 4. The molecule has 2 rings (SSSR count). The summed E-state index contributed by atoms with van der Waals surface area (Å²) in [7, 11) is 1.91. The monoisotopic (exact) mass is 201 g/mol. The Kier molecular flexibility index (Phi) is 2.26. The average Bonchev–Trinajstić information content (AvgIpc) is 2.64. The van der Waals surface area contributed by atoms with E-state index in [-0.39, 0.29) is 0 Å². The molecule has 0 bridgehead atoms. The Bertz CT molecular complexity index is 522. The molecule has 0 aliphatic heterocycles. The molecule has 0 unspecified atom stereocenters. The summed E-state index contributed by atoms with van der Waals surface area (Å²) < 4.78 is 1.67. The van der Waals surface area contributed by atoms with Crippen LogP contribution in [0.1, 0.15) is 5.69 Å². The maximum absolute atomic E-state index is 5.27. The molecule has 0 N–H and O–H groups in total. The predicted molar refractivity (Wildman–Crippen MR) is 57.6 cm³/mol. The highest BCUT2D eigenvalue weighted by atomic mass is 15.4. The van der Waals surface area contributed by atoms with E-state index in [4.69, 9.17) is 6.42 Å². The summed E-state index contributed by atoms with van der Waals surface area (Å²) in [6, 6.07) is 1.93. The first kappa shape index (κ1) is 9.46. The van der Waals surface area contributed by atoms with Gasteiger partial charge in [-0.25, -0.2) is 4.98 Å². The molecule has 0 atom stereocenters. The Balaban J connectivity index is 2.58. The van der Waals surface area contributed by atoms with Crippen LogP contribution in [0.2, 0.25) is 0 Å². The minimum absolute atomic E-state index is 0.526. The fraction of sp³-hybridized carbons (Fsp3) is 0.300. The van der Waals surface area contributed by atoms with Crippen LogP contribution in [0.3, 0.4) is 0 Å². The standard InChI is InChI=1S/C10H11N5/c1-4-5-14(3)9-6-8(2)13-10-11-7-12-15(9)10/h1,6-7H,5H2,2-3H3. The third kappa shape index (κ3) is 1.62. The fourth-order valence-corrected chi connectivity index (χ4v) is 1.40. The largest absolute Gasteiger partial charge is 0.348 e. The van der Waals surface area contributed by atoms with Crippen molar-refractivity contribution in [2.24, 2.45) is 0 Å². The van der Waals surface area contributed by atoms with E-state index in [1.807, 2.05) is 24.9 Å². The molecule has 0 fully saturated rings. The molecule has 0 aromatic carbocycles. The van der Waals surface area contributed by atoms with Gasteiger partial charge >= 0.3 is 0 Å². The van der Waals surface area contributed by atoms with E-state index in [1.54, 1.807) is 4.52 Å². The lowest BCUT2D eigenvalue weighted by Crippen LogP contribution is -2.20. The molecule has 0 spiro atoms. The van der Waals surface area contributed by atoms with Gasteiger partial charge in [0, 0.05) is 18.8 Å². The molecule has 2 aromatic heterocycles. The van der Waals surface area contributed by atoms with Crippen molar-refractivity contribution < 1.29 is 0 Å². The van der Waals surface area contributed by atoms with E-state index in [0.717, 1.165) is 11.5 Å². The molecule has 0 aliphatic carbocycles. The van der Waals surface area contributed by atoms with Gasteiger partial charge in [-0.1, -0.05) is 5.92 Å². The van der Waals surface area contributed by atoms with E-state index in [1.165, 1.54) is 6.33 Å². The van der Waals surface area contributed by atoms with Crippen LogP contribution in [0, 0.1) is 19.3 Å². The number of terminal acetylenes is 1. The number of rotatable bonds is 2. The minimum Gasteiger partial charge on any atom is -0.348 e. The zero-order chi connectivity index (χ0) is 10.8. The van der Waals surface area contributed by atoms with Crippen molar-refractivity contribution in [1.82, 2.24) is 19.6 Å². The van der Waals surface area contributed by atoms with Gasteiger partial charge in [0.1, 0.15) is 12.1 Å². The molecular formula is C10H11N5. The van der Waals surface area contributed by atoms with E-state index in [9.17, 15) is 0 Å². The molecule has 0 saturated heterocycles. The summed E-state index contributed by atoms with van der Waals surface area (Å²) in [5.41, 5.74) is 0.898. The van der Waals surface area contributed by atoms with Gasteiger partial charge < -0.3 is 4.90 Å². The van der Waals surface area contributed by atoms with E-state index in [0.29, 0.717) is 12.3 Å². The summed E-state index contributed by atoms with van der Waals surface area (Å²) in [4.78, 5) is 10.2. The molecule has 0 aliphatic rings. The Hall–Kier alpha value is -2.09. The van der Waals surface area contributed by atoms with Crippen LogP contribution in [-0.2, 0) is 0 Å². The Labute approximate surface area is 87.8 Å². The van der Waals surface area contributed by atoms with E-state index in [2.05, 4.69) is 21.0 Å². The molecule has 5 heteroatoms. The smallest absolute Gasteiger partial charge is 0.254 e. The van der Waals surface area contributed by atoms with Crippen LogP contribution in [0.15, 0.2) is 12.4 Å². The summed E-state index contributed by atoms with van der Waals surface area (Å²) in [6.07, 6.45) is 6.75. The lowest BCUT2D eigenvalue weighted by molar-refractivity contribution is 0.871. The van der Waals surface area contributed by atoms with Gasteiger partial charge in [-0.15, -0.1) is 6.42 Å². The van der Waals surface area contributed by atoms with Crippen LogP contribution >= 0.6 is 0 Å². The highest BCUT2D eigenvalue weighted by molar-refractivity contribution is 5.47. The summed E-state index contributed by atoms with van der Waals surface area (Å²) >= 11 is 0. The SMILES string of the molecule is C#CCN(C)c1cc(C)nc2ncnn12. The van der Waals surface area contributed by atoms with Crippen LogP contribution in [0.4, 0.5) is 5.82 Å². The second kappa shape index (κ2) is 3.58. The van der Waals surface area contributed by atoms with Crippen molar-refractivity contribution in [1.29, 1.82) is 0 Å². The Morgan fingerprint density at radius 1 is 1.60 bits per heavy atom. The Morgan fingerprint density at radius 3 is 3.13 bits per heavy atom. The van der Waals surface area contributed by atoms with Crippen molar-refractivity contribution >= 4 is 11.6 Å². The van der Waals surface area contributed by atoms with Crippen LogP contribution < -0.4 is 4.90 Å². The van der Waals surface area contributed by atoms with Crippen LogP contribution in [0.5, 0.6) is 0 Å². The van der Waals surface area contributed by atoms with E-state index >= 15 is 0 Å². The quantitative estimate of drug-likeness (QED) is 0.664. The lowest BCUT2D eigenvalue weighted by atomic mass is 10.4. The van der Waals surface area contributed by atoms with Crippen molar-refractivity contribution in [2.45, 2.75) is 6.92 Å². The summed E-state index contributed by atoms with van der Waals surface area (Å²) in [5, 5.41) is 4.10. The molecule has 0 radical (unpaired) electrons. The van der Waals surface area contributed by atoms with Crippen molar-refractivity contribution in [3.05, 3.63) is 18.1 Å². The zero-order valence-corrected chi connectivity index (χ0v) is 8.68. The first-order chi connectivity index (χ1) is 7.22. The number of aryl methyl sites for hydroxylation is 1. The van der Waals surface area contributed by atoms with Gasteiger partial charge in [0.15, 0.2) is 0 Å². The predicted octanol–water partition coefficient (Wildman–Crippen LogP) is 0.502. The van der Waals surface area contributed by atoms with Crippen LogP contribution in [-0.4, -0.2) is 33.2 Å². The average molecular weight is 201 g/mol. The second-order valence-corrected chi connectivity index (χ2v) is 3.29. The number of hydrogen-bond donors (Lipinski definition) is 0. The van der Waals surface area contributed by atoms with Crippen molar-refractivity contribution in [3.63, 3.8) is 0 Å². The third-order valence-electron chi connectivity index (χ3n) is 2.08. The van der Waals surface area contributed by atoms with Gasteiger partial charge in [-0.05, 0) is 6.92 Å². The van der Waals surface area contributed by atoms with Gasteiger partial charge in [0.25, 0.3) is 5.78 Å². The maximum Gasteiger partial charge on any atom is 0.254 e.